The van der Waals surface area contributed by atoms with Crippen LogP contribution in [-0.2, 0) is 14.3 Å². The molecule has 0 radical (unpaired) electrons. The van der Waals surface area contributed by atoms with Crippen molar-refractivity contribution in [3.8, 4) is 0 Å². The molecule has 9 nitrogen and oxygen atoms in total. The number of hydrogen-bond donors (Lipinski definition) is 6. The van der Waals surface area contributed by atoms with E-state index in [2.05, 4.69) is 43.5 Å². The van der Waals surface area contributed by atoms with Gasteiger partial charge in [0, 0.05) is 6.42 Å². The molecule has 7 unspecified atom stereocenters. The van der Waals surface area contributed by atoms with Crippen LogP contribution in [0.1, 0.15) is 328 Å². The van der Waals surface area contributed by atoms with Crippen LogP contribution in [-0.4, -0.2) is 87.5 Å². The van der Waals surface area contributed by atoms with E-state index in [9.17, 15) is 30.3 Å². The van der Waals surface area contributed by atoms with Gasteiger partial charge in [0.25, 0.3) is 0 Å². The molecule has 0 aliphatic carbocycles. The Labute approximate surface area is 458 Å². The highest BCUT2D eigenvalue weighted by molar-refractivity contribution is 5.76. The summed E-state index contributed by atoms with van der Waals surface area (Å²) in [5, 5.41) is 54.8. The predicted molar refractivity (Wildman–Crippen MR) is 314 cm³/mol. The molecule has 0 aromatic carbocycles. The average Bonchev–Trinajstić information content (AvgIpc) is 3.40. The largest absolute Gasteiger partial charge is 0.394 e. The third-order valence-electron chi connectivity index (χ3n) is 15.8. The first-order valence-electron chi connectivity index (χ1n) is 32.5. The third kappa shape index (κ3) is 43.6. The maximum absolute atomic E-state index is 13.1. The van der Waals surface area contributed by atoms with E-state index < -0.39 is 49.5 Å². The maximum Gasteiger partial charge on any atom is 0.220 e. The molecule has 0 saturated carbocycles. The van der Waals surface area contributed by atoms with Crippen LogP contribution in [0.5, 0.6) is 0 Å². The lowest BCUT2D eigenvalue weighted by Crippen LogP contribution is -2.60. The first-order chi connectivity index (χ1) is 36.3. The minimum Gasteiger partial charge on any atom is -0.394 e. The fraction of sp³-hybridized carbons (Fsp3) is 0.923. The fourth-order valence-corrected chi connectivity index (χ4v) is 10.7. The number of unbranched alkanes of at least 4 members (excludes halogenated alkanes) is 43. The van der Waals surface area contributed by atoms with Gasteiger partial charge < -0.3 is 40.3 Å². The van der Waals surface area contributed by atoms with E-state index in [0.29, 0.717) is 12.8 Å². The van der Waals surface area contributed by atoms with Gasteiger partial charge in [0.1, 0.15) is 24.4 Å². The Morgan fingerprint density at radius 2 is 0.797 bits per heavy atom. The summed E-state index contributed by atoms with van der Waals surface area (Å²) in [5.74, 6) is -0.141. The van der Waals surface area contributed by atoms with Gasteiger partial charge in [-0.3, -0.25) is 4.79 Å². The molecule has 0 spiro atoms. The van der Waals surface area contributed by atoms with Crippen molar-refractivity contribution in [2.24, 2.45) is 0 Å². The molecule has 1 heterocycles. The number of carbonyl (C=O) groups is 1. The summed E-state index contributed by atoms with van der Waals surface area (Å²) in [6.45, 7) is 3.87. The van der Waals surface area contributed by atoms with Gasteiger partial charge >= 0.3 is 0 Å². The minimum absolute atomic E-state index is 0.136. The third-order valence-corrected chi connectivity index (χ3v) is 15.8. The molecule has 74 heavy (non-hydrogen) atoms. The van der Waals surface area contributed by atoms with Gasteiger partial charge in [0.2, 0.25) is 5.91 Å². The number of hydrogen-bond acceptors (Lipinski definition) is 8. The molecule has 6 N–H and O–H groups in total. The number of aliphatic hydroxyl groups excluding tert-OH is 5. The van der Waals surface area contributed by atoms with E-state index in [4.69, 9.17) is 9.47 Å². The Balaban J connectivity index is 2.14. The quantitative estimate of drug-likeness (QED) is 0.0261. The summed E-state index contributed by atoms with van der Waals surface area (Å²) in [7, 11) is 0. The van der Waals surface area contributed by atoms with Gasteiger partial charge in [-0.25, -0.2) is 0 Å². The molecule has 438 valence electrons. The van der Waals surface area contributed by atoms with Gasteiger partial charge in [-0.1, -0.05) is 301 Å². The number of nitrogens with one attached hydrogen (secondary N) is 1. The van der Waals surface area contributed by atoms with E-state index >= 15 is 0 Å². The van der Waals surface area contributed by atoms with Crippen LogP contribution in [0, 0.1) is 0 Å². The SMILES string of the molecule is CCCCCCC/C=C\C/C=C\CCCCCCCCCCCCCC(=O)NC(COC1OC(CO)C(O)C(O)C1O)C(O)CCCCCCCCCCCCCCCCCCCCCCCCCCCCCC. The molecule has 1 saturated heterocycles. The van der Waals surface area contributed by atoms with E-state index in [1.807, 2.05) is 0 Å². The van der Waals surface area contributed by atoms with Gasteiger partial charge in [0.05, 0.1) is 25.4 Å². The Morgan fingerprint density at radius 3 is 1.16 bits per heavy atom. The summed E-state index contributed by atoms with van der Waals surface area (Å²) in [6, 6.07) is -0.720. The molecule has 7 atom stereocenters. The van der Waals surface area contributed by atoms with Crippen LogP contribution in [0.3, 0.4) is 0 Å². The summed E-state index contributed by atoms with van der Waals surface area (Å²) in [6.07, 6.45) is 63.7. The first kappa shape index (κ1) is 70.7. The van der Waals surface area contributed by atoms with E-state index in [1.54, 1.807) is 0 Å². The number of amides is 1. The second kappa shape index (κ2) is 55.0. The Kier molecular flexibility index (Phi) is 52.5. The van der Waals surface area contributed by atoms with Gasteiger partial charge in [-0.05, 0) is 44.9 Å². The Bertz CT molecular complexity index is 1210. The van der Waals surface area contributed by atoms with E-state index in [1.165, 1.54) is 257 Å². The molecular weight excluding hydrogens is 923 g/mol. The number of carbonyl (C=O) groups excluding carboxylic acids is 1. The molecule has 0 aromatic heterocycles. The number of aliphatic hydroxyl groups is 5. The van der Waals surface area contributed by atoms with Crippen molar-refractivity contribution in [3.63, 3.8) is 0 Å². The zero-order valence-electron chi connectivity index (χ0n) is 48.9. The molecule has 1 amide bonds. The van der Waals surface area contributed by atoms with Crippen molar-refractivity contribution in [3.05, 3.63) is 24.3 Å². The number of allylic oxidation sites excluding steroid dienone is 4. The van der Waals surface area contributed by atoms with Crippen LogP contribution in [0.4, 0.5) is 0 Å². The topological polar surface area (TPSA) is 149 Å². The smallest absolute Gasteiger partial charge is 0.220 e. The molecule has 1 aliphatic heterocycles. The van der Waals surface area contributed by atoms with Crippen molar-refractivity contribution in [2.45, 2.75) is 371 Å². The van der Waals surface area contributed by atoms with Gasteiger partial charge in [-0.15, -0.1) is 0 Å². The molecule has 1 rings (SSSR count). The van der Waals surface area contributed by atoms with Crippen LogP contribution in [0.15, 0.2) is 24.3 Å². The highest BCUT2D eigenvalue weighted by Gasteiger charge is 2.44. The highest BCUT2D eigenvalue weighted by atomic mass is 16.7. The van der Waals surface area contributed by atoms with Crippen molar-refractivity contribution in [1.82, 2.24) is 5.32 Å². The average molecular weight is 1050 g/mol. The monoisotopic (exact) mass is 1050 g/mol. The summed E-state index contributed by atoms with van der Waals surface area (Å²) < 4.78 is 11.4. The second-order valence-electron chi connectivity index (χ2n) is 22.9. The number of ether oxygens (including phenoxy) is 2. The fourth-order valence-electron chi connectivity index (χ4n) is 10.7. The highest BCUT2D eigenvalue weighted by Crippen LogP contribution is 2.24. The zero-order valence-corrected chi connectivity index (χ0v) is 48.9. The standard InChI is InChI=1S/C65H125NO8/c1-3-5-7-9-11-13-15-17-19-21-23-25-27-28-29-30-31-33-34-36-38-40-42-44-46-48-50-52-54-59(68)58(57-73-65-64(72)63(71)62(70)60(56-67)74-65)66-61(69)55-53-51-49-47-45-43-41-39-37-35-32-26-24-22-20-18-16-14-12-10-8-6-4-2/h16,18,22,24,58-60,62-65,67-68,70-72H,3-15,17,19-21,23,25-57H2,1-2H3,(H,66,69)/b18-16-,24-22-. The lowest BCUT2D eigenvalue weighted by Gasteiger charge is -2.40. The van der Waals surface area contributed by atoms with Crippen LogP contribution in [0.25, 0.3) is 0 Å². The summed E-state index contributed by atoms with van der Waals surface area (Å²) in [5.41, 5.74) is 0. The molecule has 0 bridgehead atoms. The minimum atomic E-state index is -1.55. The molecule has 1 aliphatic rings. The molecular formula is C65H125NO8. The number of rotatable bonds is 57. The van der Waals surface area contributed by atoms with Crippen LogP contribution < -0.4 is 5.32 Å². The van der Waals surface area contributed by atoms with E-state index in [0.717, 1.165) is 44.9 Å². The van der Waals surface area contributed by atoms with Crippen LogP contribution >= 0.6 is 0 Å². The lowest BCUT2D eigenvalue weighted by molar-refractivity contribution is -0.302. The van der Waals surface area contributed by atoms with Crippen molar-refractivity contribution < 1.29 is 39.8 Å². The van der Waals surface area contributed by atoms with Crippen molar-refractivity contribution in [1.29, 1.82) is 0 Å². The normalized spacial score (nSPS) is 19.0. The van der Waals surface area contributed by atoms with E-state index in [-0.39, 0.29) is 12.5 Å². The predicted octanol–water partition coefficient (Wildman–Crippen LogP) is 16.9. The molecule has 9 heteroatoms. The lowest BCUT2D eigenvalue weighted by atomic mass is 9.99. The summed E-state index contributed by atoms with van der Waals surface area (Å²) >= 11 is 0. The maximum atomic E-state index is 13.1. The molecule has 0 aromatic rings. The van der Waals surface area contributed by atoms with Crippen molar-refractivity contribution >= 4 is 5.91 Å². The summed E-state index contributed by atoms with van der Waals surface area (Å²) in [4.78, 5) is 13.1. The van der Waals surface area contributed by atoms with Gasteiger partial charge in [0.15, 0.2) is 6.29 Å². The first-order valence-corrected chi connectivity index (χ1v) is 32.5. The van der Waals surface area contributed by atoms with Gasteiger partial charge in [-0.2, -0.15) is 0 Å². The Hall–Kier alpha value is -1.33. The van der Waals surface area contributed by atoms with Crippen molar-refractivity contribution in [2.75, 3.05) is 13.2 Å². The Morgan fingerprint density at radius 1 is 0.459 bits per heavy atom. The molecule has 1 fully saturated rings. The second-order valence-corrected chi connectivity index (χ2v) is 22.9. The zero-order chi connectivity index (χ0) is 53.6. The van der Waals surface area contributed by atoms with Crippen LogP contribution in [0.2, 0.25) is 0 Å².